The minimum absolute atomic E-state index is 0.0268. The highest BCUT2D eigenvalue weighted by Gasteiger charge is 2.28. The Balaban J connectivity index is 2.15. The number of hydrogen-bond donors (Lipinski definition) is 0. The molecule has 1 aromatic rings. The van der Waals surface area contributed by atoms with Crippen LogP contribution < -0.4 is 9.56 Å². The SMILES string of the molecule is O=[N+]([O-])c1ccc(N2CCOCC2O[Cl+][O-])cc1. The van der Waals surface area contributed by atoms with Gasteiger partial charge in [-0.15, -0.1) is 0 Å². The molecule has 1 atom stereocenters. The Hall–Kier alpha value is -1.41. The lowest BCUT2D eigenvalue weighted by Crippen LogP contribution is -2.47. The normalized spacial score (nSPS) is 19.8. The van der Waals surface area contributed by atoms with Crippen LogP contribution in [0.3, 0.4) is 0 Å². The summed E-state index contributed by atoms with van der Waals surface area (Å²) < 4.78 is 20.5. The first-order valence-electron chi connectivity index (χ1n) is 5.24. The molecule has 0 bridgehead atoms. The van der Waals surface area contributed by atoms with E-state index < -0.39 is 11.2 Å². The van der Waals surface area contributed by atoms with Crippen LogP contribution in [0.4, 0.5) is 11.4 Å². The summed E-state index contributed by atoms with van der Waals surface area (Å²) in [5, 5.41) is 10.6. The molecule has 1 heterocycles. The van der Waals surface area contributed by atoms with Gasteiger partial charge in [-0.1, -0.05) is 4.29 Å². The van der Waals surface area contributed by atoms with E-state index in [1.54, 1.807) is 12.1 Å². The second-order valence-electron chi connectivity index (χ2n) is 3.65. The largest absolute Gasteiger partial charge is 0.506 e. The van der Waals surface area contributed by atoms with Crippen LogP contribution in [-0.2, 0) is 9.03 Å². The second-order valence-corrected chi connectivity index (χ2v) is 3.95. The molecule has 98 valence electrons. The Morgan fingerprint density at radius 2 is 2.17 bits per heavy atom. The van der Waals surface area contributed by atoms with Gasteiger partial charge in [0.15, 0.2) is 0 Å². The number of ether oxygens (including phenoxy) is 1. The highest BCUT2D eigenvalue weighted by molar-refractivity contribution is 5.51. The summed E-state index contributed by atoms with van der Waals surface area (Å²) in [6, 6.07) is 6.09. The van der Waals surface area contributed by atoms with Crippen LogP contribution in [-0.4, -0.2) is 30.9 Å². The lowest BCUT2D eigenvalue weighted by Gasteiger charge is -2.33. The van der Waals surface area contributed by atoms with Crippen LogP contribution >= 0.6 is 0 Å². The van der Waals surface area contributed by atoms with E-state index in [9.17, 15) is 14.8 Å². The van der Waals surface area contributed by atoms with Crippen LogP contribution in [0.1, 0.15) is 0 Å². The molecule has 1 aliphatic heterocycles. The van der Waals surface area contributed by atoms with Gasteiger partial charge in [-0.2, -0.15) is 0 Å². The summed E-state index contributed by atoms with van der Waals surface area (Å²) in [5.41, 5.74) is 0.785. The third kappa shape index (κ3) is 2.88. The number of benzene rings is 1. The van der Waals surface area contributed by atoms with Crippen LogP contribution in [0.2, 0.25) is 0 Å². The number of nitrogens with zero attached hydrogens (tertiary/aromatic N) is 2. The zero-order valence-electron chi connectivity index (χ0n) is 9.32. The summed E-state index contributed by atoms with van der Waals surface area (Å²) in [7, 11) is 0. The number of halogens is 1. The molecule has 0 spiro atoms. The van der Waals surface area contributed by atoms with Crippen molar-refractivity contribution in [2.24, 2.45) is 0 Å². The first kappa shape index (κ1) is 13.0. The fourth-order valence-corrected chi connectivity index (χ4v) is 1.99. The zero-order chi connectivity index (χ0) is 13.0. The van der Waals surface area contributed by atoms with Gasteiger partial charge in [0.2, 0.25) is 6.23 Å². The van der Waals surface area contributed by atoms with E-state index in [1.807, 2.05) is 4.90 Å². The number of nitro groups is 1. The fraction of sp³-hybridized carbons (Fsp3) is 0.400. The minimum atomic E-state index is -0.494. The average molecular weight is 275 g/mol. The Labute approximate surface area is 107 Å². The molecule has 7 nitrogen and oxygen atoms in total. The lowest BCUT2D eigenvalue weighted by molar-refractivity contribution is -1.27. The van der Waals surface area contributed by atoms with Crippen molar-refractivity contribution in [2.45, 2.75) is 6.23 Å². The molecule has 0 aromatic heterocycles. The smallest absolute Gasteiger partial charge is 0.333 e. The topological polar surface area (TPSA) is 87.9 Å². The predicted octanol–water partition coefficient (Wildman–Crippen LogP) is 0.0494. The van der Waals surface area contributed by atoms with Crippen molar-refractivity contribution in [3.8, 4) is 0 Å². The Bertz CT molecular complexity index is 411. The second kappa shape index (κ2) is 5.96. The van der Waals surface area contributed by atoms with Gasteiger partial charge < -0.3 is 14.3 Å². The van der Waals surface area contributed by atoms with E-state index in [2.05, 4.69) is 0 Å². The molecule has 18 heavy (non-hydrogen) atoms. The fourth-order valence-electron chi connectivity index (χ4n) is 1.76. The maximum atomic E-state index is 10.6. The van der Waals surface area contributed by atoms with Crippen LogP contribution in [0.25, 0.3) is 0 Å². The van der Waals surface area contributed by atoms with E-state index >= 15 is 0 Å². The molecule has 0 N–H and O–H groups in total. The van der Waals surface area contributed by atoms with E-state index in [0.717, 1.165) is 5.69 Å². The van der Waals surface area contributed by atoms with E-state index in [4.69, 9.17) is 9.03 Å². The number of morpholine rings is 1. The number of rotatable bonds is 4. The van der Waals surface area contributed by atoms with Gasteiger partial charge in [0.1, 0.15) is 0 Å². The number of non-ortho nitro benzene ring substituents is 1. The van der Waals surface area contributed by atoms with Crippen molar-refractivity contribution in [3.63, 3.8) is 0 Å². The van der Waals surface area contributed by atoms with Crippen LogP contribution in [0, 0.1) is 21.4 Å². The van der Waals surface area contributed by atoms with Gasteiger partial charge in [-0.3, -0.25) is 10.1 Å². The maximum absolute atomic E-state index is 10.6. The van der Waals surface area contributed by atoms with Gasteiger partial charge in [0, 0.05) is 24.4 Å². The molecule has 1 aliphatic rings. The average Bonchev–Trinajstić information content (AvgIpc) is 2.40. The van der Waals surface area contributed by atoms with Gasteiger partial charge in [0.05, 0.1) is 18.1 Å². The predicted molar refractivity (Wildman–Crippen MR) is 56.1 cm³/mol. The van der Waals surface area contributed by atoms with Crippen molar-refractivity contribution in [1.82, 2.24) is 0 Å². The molecular formula is C10H11ClN2O5. The molecule has 0 radical (unpaired) electrons. The summed E-state index contributed by atoms with van der Waals surface area (Å²) >= 11 is 0.485. The quantitative estimate of drug-likeness (QED) is 0.569. The third-order valence-corrected chi connectivity index (χ3v) is 2.89. The third-order valence-electron chi connectivity index (χ3n) is 2.62. The molecule has 1 unspecified atom stereocenters. The first-order valence-corrected chi connectivity index (χ1v) is 5.86. The Morgan fingerprint density at radius 1 is 1.44 bits per heavy atom. The summed E-state index contributed by atoms with van der Waals surface area (Å²) in [4.78, 5) is 11.9. The summed E-state index contributed by atoms with van der Waals surface area (Å²) in [6.07, 6.45) is -0.494. The van der Waals surface area contributed by atoms with Gasteiger partial charge in [0.25, 0.3) is 5.69 Å². The maximum Gasteiger partial charge on any atom is 0.333 e. The molecule has 2 rings (SSSR count). The van der Waals surface area contributed by atoms with Crippen LogP contribution in [0.5, 0.6) is 0 Å². The van der Waals surface area contributed by atoms with Gasteiger partial charge >= 0.3 is 11.3 Å². The summed E-state index contributed by atoms with van der Waals surface area (Å²) in [5.74, 6) is 0. The number of anilines is 1. The molecular weight excluding hydrogens is 264 g/mol. The molecule has 0 aliphatic carbocycles. The summed E-state index contributed by atoms with van der Waals surface area (Å²) in [6.45, 7) is 1.37. The molecule has 1 fully saturated rings. The van der Waals surface area contributed by atoms with Crippen molar-refractivity contribution in [3.05, 3.63) is 34.4 Å². The number of nitro benzene ring substituents is 1. The molecule has 0 saturated carbocycles. The van der Waals surface area contributed by atoms with Gasteiger partial charge in [-0.05, 0) is 12.1 Å². The Morgan fingerprint density at radius 3 is 2.78 bits per heavy atom. The number of hydrogen-bond acceptors (Lipinski definition) is 6. The van der Waals surface area contributed by atoms with E-state index in [1.165, 1.54) is 12.1 Å². The molecule has 8 heteroatoms. The Kier molecular flexibility index (Phi) is 4.32. The highest BCUT2D eigenvalue weighted by Crippen LogP contribution is 2.23. The van der Waals surface area contributed by atoms with Crippen molar-refractivity contribution >= 4 is 11.4 Å². The minimum Gasteiger partial charge on any atom is -0.506 e. The zero-order valence-corrected chi connectivity index (χ0v) is 10.1. The highest BCUT2D eigenvalue weighted by atomic mass is 35.6. The van der Waals surface area contributed by atoms with Crippen molar-refractivity contribution in [2.75, 3.05) is 24.7 Å². The monoisotopic (exact) mass is 274 g/mol. The van der Waals surface area contributed by atoms with E-state index in [-0.39, 0.29) is 12.3 Å². The van der Waals surface area contributed by atoms with Crippen LogP contribution in [0.15, 0.2) is 24.3 Å². The molecule has 1 saturated heterocycles. The lowest BCUT2D eigenvalue weighted by atomic mass is 10.2. The molecule has 0 amide bonds. The van der Waals surface area contributed by atoms with Gasteiger partial charge in [-0.25, -0.2) is 0 Å². The van der Waals surface area contributed by atoms with E-state index in [0.29, 0.717) is 24.5 Å². The van der Waals surface area contributed by atoms with Crippen molar-refractivity contribution < 1.29 is 29.9 Å². The standard InChI is InChI=1S/C10H11ClN2O5/c14-11-18-10-7-17-6-5-12(10)8-1-3-9(4-2-8)13(15)16/h1-4,10H,5-7H2. The van der Waals surface area contributed by atoms with Crippen molar-refractivity contribution in [1.29, 1.82) is 0 Å². The first-order chi connectivity index (χ1) is 8.72. The molecule has 1 aromatic carbocycles.